The molecule has 7 nitrogen and oxygen atoms in total. The van der Waals surface area contributed by atoms with Crippen LogP contribution in [0.1, 0.15) is 32.1 Å². The van der Waals surface area contributed by atoms with Crippen LogP contribution in [-0.4, -0.2) is 58.9 Å². The molecule has 142 valence electrons. The van der Waals surface area contributed by atoms with Crippen molar-refractivity contribution >= 4 is 11.9 Å². The van der Waals surface area contributed by atoms with Crippen LogP contribution in [0.15, 0.2) is 11.6 Å². The Morgan fingerprint density at radius 1 is 1.20 bits per heavy atom. The monoisotopic (exact) mass is 356 g/mol. The summed E-state index contributed by atoms with van der Waals surface area (Å²) in [5.74, 6) is -0.988. The molecule has 4 unspecified atom stereocenters. The van der Waals surface area contributed by atoms with Crippen LogP contribution in [0.25, 0.3) is 0 Å². The van der Waals surface area contributed by atoms with Gasteiger partial charge < -0.3 is 23.7 Å². The number of carbonyl (C=O) groups excluding carboxylic acids is 2. The number of esters is 2. The average Bonchev–Trinajstić information content (AvgIpc) is 2.92. The van der Waals surface area contributed by atoms with Crippen molar-refractivity contribution in [3.63, 3.8) is 0 Å². The van der Waals surface area contributed by atoms with Crippen molar-refractivity contribution in [2.75, 3.05) is 34.5 Å². The van der Waals surface area contributed by atoms with Gasteiger partial charge in [0.15, 0.2) is 6.29 Å². The third kappa shape index (κ3) is 5.52. The highest BCUT2D eigenvalue weighted by molar-refractivity contribution is 5.83. The van der Waals surface area contributed by atoms with Crippen LogP contribution in [0.4, 0.5) is 0 Å². The van der Waals surface area contributed by atoms with E-state index in [1.165, 1.54) is 20.3 Å². The predicted octanol–water partition coefficient (Wildman–Crippen LogP) is 1.84. The summed E-state index contributed by atoms with van der Waals surface area (Å²) in [6.45, 7) is 1.13. The van der Waals surface area contributed by atoms with Crippen molar-refractivity contribution in [2.24, 2.45) is 11.8 Å². The van der Waals surface area contributed by atoms with E-state index in [1.807, 2.05) is 0 Å². The molecule has 0 spiro atoms. The molecule has 0 bridgehead atoms. The van der Waals surface area contributed by atoms with Gasteiger partial charge in [0.25, 0.3) is 0 Å². The summed E-state index contributed by atoms with van der Waals surface area (Å²) in [6.07, 6.45) is 4.74. The maximum absolute atomic E-state index is 11.8. The van der Waals surface area contributed by atoms with Gasteiger partial charge in [-0.05, 0) is 31.6 Å². The zero-order valence-electron chi connectivity index (χ0n) is 15.2. The lowest BCUT2D eigenvalue weighted by molar-refractivity contribution is -0.198. The summed E-state index contributed by atoms with van der Waals surface area (Å²) in [6, 6.07) is 0. The smallest absolute Gasteiger partial charge is 0.330 e. The van der Waals surface area contributed by atoms with E-state index in [-0.39, 0.29) is 36.6 Å². The Balaban J connectivity index is 2.18. The normalized spacial score (nSPS) is 31.1. The largest absolute Gasteiger partial charge is 0.469 e. The van der Waals surface area contributed by atoms with Gasteiger partial charge in [-0.1, -0.05) is 5.57 Å². The molecule has 0 amide bonds. The first kappa shape index (κ1) is 19.9. The second-order valence-electron chi connectivity index (χ2n) is 6.42. The second kappa shape index (κ2) is 9.89. The molecular weight excluding hydrogens is 328 g/mol. The summed E-state index contributed by atoms with van der Waals surface area (Å²) < 4.78 is 26.7. The molecule has 1 heterocycles. The summed E-state index contributed by atoms with van der Waals surface area (Å²) in [5, 5.41) is 0. The van der Waals surface area contributed by atoms with E-state index < -0.39 is 5.97 Å². The standard InChI is InChI=1S/C18H28O7/c1-21-11-14-13(10-17(20)23-3)12(9-16(19)22-2)8-15(14)25-18-6-4-5-7-24-18/h9,13-15,18H,4-8,10-11H2,1-3H3. The molecule has 2 aliphatic rings. The Labute approximate surface area is 148 Å². The van der Waals surface area contributed by atoms with Gasteiger partial charge in [0.2, 0.25) is 0 Å². The Kier molecular flexibility index (Phi) is 7.87. The maximum atomic E-state index is 11.8. The van der Waals surface area contributed by atoms with E-state index in [9.17, 15) is 9.59 Å². The van der Waals surface area contributed by atoms with Gasteiger partial charge in [-0.2, -0.15) is 0 Å². The Hall–Kier alpha value is -1.44. The Morgan fingerprint density at radius 3 is 2.60 bits per heavy atom. The number of carbonyl (C=O) groups is 2. The summed E-state index contributed by atoms with van der Waals surface area (Å²) >= 11 is 0. The molecule has 4 atom stereocenters. The van der Waals surface area contributed by atoms with Gasteiger partial charge >= 0.3 is 11.9 Å². The fraction of sp³-hybridized carbons (Fsp3) is 0.778. The van der Waals surface area contributed by atoms with Crippen LogP contribution >= 0.6 is 0 Å². The van der Waals surface area contributed by atoms with Gasteiger partial charge in [-0.15, -0.1) is 0 Å². The van der Waals surface area contributed by atoms with Crippen molar-refractivity contribution in [3.05, 3.63) is 11.6 Å². The minimum absolute atomic E-state index is 0.0504. The number of ether oxygens (including phenoxy) is 5. The topological polar surface area (TPSA) is 80.3 Å². The molecule has 0 radical (unpaired) electrons. The molecule has 0 aromatic carbocycles. The van der Waals surface area contributed by atoms with Crippen LogP contribution in [0.3, 0.4) is 0 Å². The number of hydrogen-bond acceptors (Lipinski definition) is 7. The van der Waals surface area contributed by atoms with Crippen LogP contribution in [0, 0.1) is 11.8 Å². The molecule has 0 N–H and O–H groups in total. The summed E-state index contributed by atoms with van der Waals surface area (Å²) in [5.41, 5.74) is 0.833. The zero-order chi connectivity index (χ0) is 18.2. The molecule has 1 saturated heterocycles. The molecule has 1 saturated carbocycles. The van der Waals surface area contributed by atoms with Crippen molar-refractivity contribution < 1.29 is 33.3 Å². The highest BCUT2D eigenvalue weighted by Crippen LogP contribution is 2.42. The third-order valence-electron chi connectivity index (χ3n) is 4.85. The van der Waals surface area contributed by atoms with Gasteiger partial charge in [0.1, 0.15) is 0 Å². The van der Waals surface area contributed by atoms with Gasteiger partial charge in [0, 0.05) is 25.7 Å². The Bertz CT molecular complexity index is 482. The fourth-order valence-corrected chi connectivity index (χ4v) is 3.57. The van der Waals surface area contributed by atoms with E-state index in [0.717, 1.165) is 24.8 Å². The molecule has 2 fully saturated rings. The van der Waals surface area contributed by atoms with E-state index in [4.69, 9.17) is 23.7 Å². The van der Waals surface area contributed by atoms with E-state index >= 15 is 0 Å². The average molecular weight is 356 g/mol. The third-order valence-corrected chi connectivity index (χ3v) is 4.85. The lowest BCUT2D eigenvalue weighted by atomic mass is 9.89. The van der Waals surface area contributed by atoms with Crippen LogP contribution < -0.4 is 0 Å². The van der Waals surface area contributed by atoms with Crippen molar-refractivity contribution in [1.29, 1.82) is 0 Å². The highest BCUT2D eigenvalue weighted by atomic mass is 16.7. The number of rotatable bonds is 7. The summed E-state index contributed by atoms with van der Waals surface area (Å²) in [7, 11) is 4.31. The van der Waals surface area contributed by atoms with Crippen LogP contribution in [-0.2, 0) is 33.3 Å². The van der Waals surface area contributed by atoms with Gasteiger partial charge in [0.05, 0.1) is 33.4 Å². The van der Waals surface area contributed by atoms with Crippen molar-refractivity contribution in [2.45, 2.75) is 44.5 Å². The van der Waals surface area contributed by atoms with Crippen LogP contribution in [0.5, 0.6) is 0 Å². The Morgan fingerprint density at radius 2 is 2.00 bits per heavy atom. The van der Waals surface area contributed by atoms with Gasteiger partial charge in [-0.3, -0.25) is 4.79 Å². The first-order valence-corrected chi connectivity index (χ1v) is 8.70. The molecule has 2 rings (SSSR count). The number of methoxy groups -OCH3 is 3. The molecule has 25 heavy (non-hydrogen) atoms. The van der Waals surface area contributed by atoms with Crippen molar-refractivity contribution in [1.82, 2.24) is 0 Å². The lowest BCUT2D eigenvalue weighted by Crippen LogP contribution is -2.33. The SMILES string of the molecule is COCC1C(OC2CCCCO2)CC(=CC(=O)OC)C1CC(=O)OC. The molecule has 1 aliphatic carbocycles. The quantitative estimate of drug-likeness (QED) is 0.509. The lowest BCUT2D eigenvalue weighted by Gasteiger charge is -2.29. The summed E-state index contributed by atoms with van der Waals surface area (Å²) in [4.78, 5) is 23.6. The van der Waals surface area contributed by atoms with E-state index in [0.29, 0.717) is 19.6 Å². The number of hydrogen-bond donors (Lipinski definition) is 0. The van der Waals surface area contributed by atoms with Crippen molar-refractivity contribution in [3.8, 4) is 0 Å². The fourth-order valence-electron chi connectivity index (χ4n) is 3.57. The van der Waals surface area contributed by atoms with Gasteiger partial charge in [-0.25, -0.2) is 4.79 Å². The molecule has 1 aliphatic heterocycles. The molecule has 7 heteroatoms. The first-order chi connectivity index (χ1) is 12.1. The molecular formula is C18H28O7. The minimum atomic E-state index is -0.435. The molecule has 0 aromatic heterocycles. The molecule has 0 aromatic rings. The first-order valence-electron chi connectivity index (χ1n) is 8.70. The highest BCUT2D eigenvalue weighted by Gasteiger charge is 2.43. The predicted molar refractivity (Wildman–Crippen MR) is 88.7 cm³/mol. The van der Waals surface area contributed by atoms with E-state index in [1.54, 1.807) is 7.11 Å². The zero-order valence-corrected chi connectivity index (χ0v) is 15.2. The van der Waals surface area contributed by atoms with E-state index in [2.05, 4.69) is 0 Å². The minimum Gasteiger partial charge on any atom is -0.469 e. The maximum Gasteiger partial charge on any atom is 0.330 e. The van der Waals surface area contributed by atoms with Crippen LogP contribution in [0.2, 0.25) is 0 Å². The second-order valence-corrected chi connectivity index (χ2v) is 6.42.